The first kappa shape index (κ1) is 12.5. The van der Waals surface area contributed by atoms with Crippen LogP contribution in [0, 0.1) is 0 Å². The summed E-state index contributed by atoms with van der Waals surface area (Å²) in [7, 11) is 0. The minimum atomic E-state index is -0.581. The number of aliphatic hydroxyl groups is 1. The van der Waals surface area contributed by atoms with Crippen molar-refractivity contribution in [3.8, 4) is 0 Å². The van der Waals surface area contributed by atoms with E-state index in [9.17, 15) is 5.11 Å². The molecule has 1 aliphatic carbocycles. The fourth-order valence-electron chi connectivity index (χ4n) is 2.27. The zero-order valence-electron chi connectivity index (χ0n) is 10.5. The average molecular weight is 268 g/mol. The second-order valence-corrected chi connectivity index (χ2v) is 6.53. The van der Waals surface area contributed by atoms with Crippen LogP contribution in [0.4, 0.5) is 0 Å². The largest absolute Gasteiger partial charge is 0.388 e. The van der Waals surface area contributed by atoms with E-state index >= 15 is 0 Å². The molecule has 1 saturated heterocycles. The number of ether oxygens (including phenoxy) is 1. The van der Waals surface area contributed by atoms with E-state index in [1.165, 1.54) is 22.7 Å². The fourth-order valence-corrected chi connectivity index (χ4v) is 3.33. The summed E-state index contributed by atoms with van der Waals surface area (Å²) in [5, 5.41) is 14.9. The topological polar surface area (TPSA) is 54.4 Å². The van der Waals surface area contributed by atoms with Crippen LogP contribution in [0.2, 0.25) is 0 Å². The first-order valence-corrected chi connectivity index (χ1v) is 7.52. The summed E-state index contributed by atoms with van der Waals surface area (Å²) < 4.78 is 5.27. The zero-order valence-corrected chi connectivity index (χ0v) is 11.3. The van der Waals surface area contributed by atoms with E-state index in [0.29, 0.717) is 19.8 Å². The Morgan fingerprint density at radius 3 is 2.94 bits per heavy atom. The highest BCUT2D eigenvalue weighted by molar-refractivity contribution is 7.11. The molecular weight excluding hydrogens is 248 g/mol. The van der Waals surface area contributed by atoms with Crippen LogP contribution in [0.5, 0.6) is 0 Å². The van der Waals surface area contributed by atoms with E-state index in [-0.39, 0.29) is 0 Å². The lowest BCUT2D eigenvalue weighted by molar-refractivity contribution is -0.0616. The summed E-state index contributed by atoms with van der Waals surface area (Å²) in [5.41, 5.74) is -0.581. The normalized spacial score (nSPS) is 23.2. The van der Waals surface area contributed by atoms with Crippen molar-refractivity contribution >= 4 is 11.3 Å². The van der Waals surface area contributed by atoms with Gasteiger partial charge in [0.25, 0.3) is 0 Å². The van der Waals surface area contributed by atoms with Crippen molar-refractivity contribution in [1.29, 1.82) is 0 Å². The maximum absolute atomic E-state index is 10.3. The second kappa shape index (κ2) is 5.25. The van der Waals surface area contributed by atoms with Crippen LogP contribution in [0.3, 0.4) is 0 Å². The minimum Gasteiger partial charge on any atom is -0.388 e. The van der Waals surface area contributed by atoms with Crippen molar-refractivity contribution in [3.63, 3.8) is 0 Å². The summed E-state index contributed by atoms with van der Waals surface area (Å²) in [4.78, 5) is 5.73. The van der Waals surface area contributed by atoms with E-state index in [4.69, 9.17) is 4.74 Å². The Bertz CT molecular complexity index is 397. The van der Waals surface area contributed by atoms with Crippen LogP contribution in [0.15, 0.2) is 6.20 Å². The molecule has 0 amide bonds. The third-order valence-electron chi connectivity index (χ3n) is 3.67. The van der Waals surface area contributed by atoms with Crippen LogP contribution in [-0.2, 0) is 11.3 Å². The van der Waals surface area contributed by atoms with Gasteiger partial charge in [0.2, 0.25) is 0 Å². The number of aromatic nitrogens is 1. The molecule has 1 saturated carbocycles. The molecule has 0 radical (unpaired) electrons. The van der Waals surface area contributed by atoms with Crippen LogP contribution < -0.4 is 5.32 Å². The van der Waals surface area contributed by atoms with Crippen molar-refractivity contribution in [1.82, 2.24) is 10.3 Å². The number of hydrogen-bond acceptors (Lipinski definition) is 5. The van der Waals surface area contributed by atoms with Gasteiger partial charge in [-0.15, -0.1) is 11.3 Å². The number of rotatable bonds is 5. The molecule has 0 aromatic carbocycles. The molecule has 2 aliphatic rings. The van der Waals surface area contributed by atoms with Crippen molar-refractivity contribution in [2.75, 3.05) is 19.8 Å². The fraction of sp³-hybridized carbons (Fsp3) is 0.769. The summed E-state index contributed by atoms with van der Waals surface area (Å²) in [5.74, 6) is 0.739. The molecule has 1 aliphatic heterocycles. The molecule has 3 rings (SSSR count). The van der Waals surface area contributed by atoms with Crippen LogP contribution in [-0.4, -0.2) is 35.5 Å². The molecule has 0 atom stereocenters. The molecule has 2 heterocycles. The third-order valence-corrected chi connectivity index (χ3v) is 4.83. The van der Waals surface area contributed by atoms with E-state index in [0.717, 1.165) is 25.3 Å². The molecule has 1 aromatic heterocycles. The predicted molar refractivity (Wildman–Crippen MR) is 70.8 cm³/mol. The van der Waals surface area contributed by atoms with Gasteiger partial charge in [-0.2, -0.15) is 0 Å². The quantitative estimate of drug-likeness (QED) is 0.852. The van der Waals surface area contributed by atoms with E-state index < -0.39 is 5.60 Å². The van der Waals surface area contributed by atoms with E-state index in [1.54, 1.807) is 0 Å². The van der Waals surface area contributed by atoms with Crippen molar-refractivity contribution < 1.29 is 9.84 Å². The molecule has 1 aromatic rings. The molecule has 100 valence electrons. The van der Waals surface area contributed by atoms with Gasteiger partial charge in [0, 0.05) is 56.1 Å². The molecule has 0 bridgehead atoms. The average Bonchev–Trinajstić information content (AvgIpc) is 3.11. The molecule has 5 heteroatoms. The van der Waals surface area contributed by atoms with Gasteiger partial charge in [-0.05, 0) is 12.8 Å². The van der Waals surface area contributed by atoms with Gasteiger partial charge in [0.15, 0.2) is 0 Å². The monoisotopic (exact) mass is 268 g/mol. The molecule has 0 unspecified atom stereocenters. The highest BCUT2D eigenvalue weighted by Crippen LogP contribution is 2.41. The highest BCUT2D eigenvalue weighted by Gasteiger charge is 2.29. The smallest absolute Gasteiger partial charge is 0.0959 e. The Morgan fingerprint density at radius 1 is 1.44 bits per heavy atom. The molecule has 18 heavy (non-hydrogen) atoms. The zero-order chi connectivity index (χ0) is 12.4. The first-order chi connectivity index (χ1) is 8.75. The standard InChI is InChI=1S/C13H20N2O2S/c16-13(3-5-17-6-4-13)9-14-7-11-8-15-12(18-11)10-1-2-10/h8,10,14,16H,1-7,9H2. The lowest BCUT2D eigenvalue weighted by Crippen LogP contribution is -2.44. The van der Waals surface area contributed by atoms with Gasteiger partial charge >= 0.3 is 0 Å². The number of hydrogen-bond donors (Lipinski definition) is 2. The lowest BCUT2D eigenvalue weighted by atomic mass is 9.94. The Labute approximate surface area is 111 Å². The van der Waals surface area contributed by atoms with Crippen molar-refractivity contribution in [2.45, 2.75) is 43.7 Å². The Kier molecular flexibility index (Phi) is 3.66. The van der Waals surface area contributed by atoms with Gasteiger partial charge in [-0.1, -0.05) is 0 Å². The maximum Gasteiger partial charge on any atom is 0.0959 e. The summed E-state index contributed by atoms with van der Waals surface area (Å²) in [6.45, 7) is 2.80. The third kappa shape index (κ3) is 3.09. The molecule has 2 N–H and O–H groups in total. The highest BCUT2D eigenvalue weighted by atomic mass is 32.1. The minimum absolute atomic E-state index is 0.581. The van der Waals surface area contributed by atoms with E-state index in [2.05, 4.69) is 10.3 Å². The number of thiazole rings is 1. The summed E-state index contributed by atoms with van der Waals surface area (Å²) in [6.07, 6.45) is 6.05. The van der Waals surface area contributed by atoms with Crippen LogP contribution in [0.25, 0.3) is 0 Å². The summed E-state index contributed by atoms with van der Waals surface area (Å²) >= 11 is 1.81. The van der Waals surface area contributed by atoms with Gasteiger partial charge in [0.05, 0.1) is 10.6 Å². The molecule has 2 fully saturated rings. The Hall–Kier alpha value is -0.490. The van der Waals surface area contributed by atoms with Crippen LogP contribution in [0.1, 0.15) is 41.5 Å². The van der Waals surface area contributed by atoms with Gasteiger partial charge in [0.1, 0.15) is 0 Å². The van der Waals surface area contributed by atoms with Gasteiger partial charge < -0.3 is 15.2 Å². The number of nitrogens with one attached hydrogen (secondary N) is 1. The number of nitrogens with zero attached hydrogens (tertiary/aromatic N) is 1. The molecule has 0 spiro atoms. The van der Waals surface area contributed by atoms with Gasteiger partial charge in [-0.3, -0.25) is 0 Å². The van der Waals surface area contributed by atoms with Gasteiger partial charge in [-0.25, -0.2) is 4.98 Å². The van der Waals surface area contributed by atoms with E-state index in [1.807, 2.05) is 17.5 Å². The lowest BCUT2D eigenvalue weighted by Gasteiger charge is -2.32. The molecule has 4 nitrogen and oxygen atoms in total. The van der Waals surface area contributed by atoms with Crippen molar-refractivity contribution in [2.24, 2.45) is 0 Å². The predicted octanol–water partition coefficient (Wildman–Crippen LogP) is 1.65. The first-order valence-electron chi connectivity index (χ1n) is 6.71. The second-order valence-electron chi connectivity index (χ2n) is 5.38. The van der Waals surface area contributed by atoms with Crippen LogP contribution >= 0.6 is 11.3 Å². The Balaban J connectivity index is 1.45. The Morgan fingerprint density at radius 2 is 2.22 bits per heavy atom. The maximum atomic E-state index is 10.3. The molecular formula is C13H20N2O2S. The van der Waals surface area contributed by atoms with Crippen molar-refractivity contribution in [3.05, 3.63) is 16.1 Å². The summed E-state index contributed by atoms with van der Waals surface area (Å²) in [6, 6.07) is 0. The SMILES string of the molecule is OC1(CNCc2cnc(C3CC3)s2)CCOCC1.